The Balaban J connectivity index is 1.85. The first-order valence-corrected chi connectivity index (χ1v) is 8.24. The molecule has 0 fully saturated rings. The summed E-state index contributed by atoms with van der Waals surface area (Å²) in [7, 11) is 0. The third kappa shape index (κ3) is 3.19. The highest BCUT2D eigenvalue weighted by atomic mass is 79.9. The van der Waals surface area contributed by atoms with Crippen LogP contribution in [0.1, 0.15) is 27.1 Å². The van der Waals surface area contributed by atoms with E-state index >= 15 is 0 Å². The topological polar surface area (TPSA) is 0 Å². The van der Waals surface area contributed by atoms with Crippen molar-refractivity contribution in [1.29, 1.82) is 0 Å². The van der Waals surface area contributed by atoms with Gasteiger partial charge in [-0.05, 0) is 53.3 Å². The highest BCUT2D eigenvalue weighted by Gasteiger charge is 2.09. The highest BCUT2D eigenvalue weighted by Crippen LogP contribution is 2.30. The molecule has 3 aromatic rings. The molecule has 0 heterocycles. The van der Waals surface area contributed by atoms with E-state index in [1.54, 1.807) is 0 Å². The first-order chi connectivity index (χ1) is 10.1. The molecule has 0 aliphatic rings. The molecule has 1 unspecified atom stereocenters. The number of fused-ring (bicyclic) bond motifs is 1. The number of halogens is 1. The van der Waals surface area contributed by atoms with Crippen LogP contribution in [-0.2, 0) is 6.42 Å². The van der Waals surface area contributed by atoms with Crippen molar-refractivity contribution >= 4 is 26.7 Å². The summed E-state index contributed by atoms with van der Waals surface area (Å²) in [5, 5.41) is 2.60. The summed E-state index contributed by atoms with van der Waals surface area (Å²) in [5.41, 5.74) is 5.45. The maximum atomic E-state index is 3.85. The van der Waals surface area contributed by atoms with Gasteiger partial charge in [0.25, 0.3) is 0 Å². The lowest BCUT2D eigenvalue weighted by Crippen LogP contribution is -1.96. The number of hydrogen-bond acceptors (Lipinski definition) is 0. The van der Waals surface area contributed by atoms with Crippen LogP contribution in [0.4, 0.5) is 0 Å². The fourth-order valence-corrected chi connectivity index (χ4v) is 3.32. The molecule has 0 saturated carbocycles. The maximum absolute atomic E-state index is 3.85. The second-order valence-electron chi connectivity index (χ2n) is 5.70. The maximum Gasteiger partial charge on any atom is 0.0435 e. The van der Waals surface area contributed by atoms with Crippen molar-refractivity contribution in [2.75, 3.05) is 0 Å². The molecule has 0 spiro atoms. The summed E-state index contributed by atoms with van der Waals surface area (Å²) in [4.78, 5) is 0.351. The second-order valence-corrected chi connectivity index (χ2v) is 6.80. The van der Waals surface area contributed by atoms with Crippen LogP contribution in [0.3, 0.4) is 0 Å². The van der Waals surface area contributed by atoms with Gasteiger partial charge < -0.3 is 0 Å². The molecule has 0 nitrogen and oxygen atoms in total. The zero-order valence-electron chi connectivity index (χ0n) is 12.4. The average molecular weight is 339 g/mol. The van der Waals surface area contributed by atoms with E-state index in [0.29, 0.717) is 4.83 Å². The van der Waals surface area contributed by atoms with Gasteiger partial charge in [0.1, 0.15) is 0 Å². The second kappa shape index (κ2) is 6.03. The molecular formula is C20H19Br. The van der Waals surface area contributed by atoms with E-state index in [1.807, 2.05) is 0 Å². The lowest BCUT2D eigenvalue weighted by Gasteiger charge is -2.12. The van der Waals surface area contributed by atoms with E-state index in [9.17, 15) is 0 Å². The molecule has 0 aromatic heterocycles. The van der Waals surface area contributed by atoms with Crippen LogP contribution < -0.4 is 0 Å². The Kier molecular flexibility index (Phi) is 4.12. The van der Waals surface area contributed by atoms with E-state index in [0.717, 1.165) is 6.42 Å². The van der Waals surface area contributed by atoms with Gasteiger partial charge in [0.15, 0.2) is 0 Å². The van der Waals surface area contributed by atoms with Crippen LogP contribution in [0.25, 0.3) is 10.8 Å². The molecule has 21 heavy (non-hydrogen) atoms. The van der Waals surface area contributed by atoms with Gasteiger partial charge in [-0.15, -0.1) is 0 Å². The summed E-state index contributed by atoms with van der Waals surface area (Å²) >= 11 is 3.85. The van der Waals surface area contributed by atoms with E-state index in [1.165, 1.54) is 33.0 Å². The van der Waals surface area contributed by atoms with Gasteiger partial charge in [-0.25, -0.2) is 0 Å². The van der Waals surface area contributed by atoms with Crippen molar-refractivity contribution < 1.29 is 0 Å². The summed E-state index contributed by atoms with van der Waals surface area (Å²) < 4.78 is 0. The first-order valence-electron chi connectivity index (χ1n) is 7.32. The van der Waals surface area contributed by atoms with Crippen LogP contribution in [-0.4, -0.2) is 0 Å². The molecule has 0 aliphatic carbocycles. The fourth-order valence-electron chi connectivity index (χ4n) is 2.66. The van der Waals surface area contributed by atoms with Gasteiger partial charge in [-0.3, -0.25) is 0 Å². The third-order valence-corrected chi connectivity index (χ3v) is 4.97. The van der Waals surface area contributed by atoms with Gasteiger partial charge in [0.05, 0.1) is 0 Å². The molecule has 1 heteroatoms. The molecule has 0 bridgehead atoms. The summed E-state index contributed by atoms with van der Waals surface area (Å²) in [6, 6.07) is 22.0. The lowest BCUT2D eigenvalue weighted by molar-refractivity contribution is 0.947. The number of aryl methyl sites for hydroxylation is 2. The minimum atomic E-state index is 0.351. The largest absolute Gasteiger partial charge is 0.0835 e. The normalized spacial score (nSPS) is 12.5. The number of alkyl halides is 1. The average Bonchev–Trinajstić information content (AvgIpc) is 2.50. The minimum Gasteiger partial charge on any atom is -0.0835 e. The molecule has 3 aromatic carbocycles. The minimum absolute atomic E-state index is 0.351. The molecular weight excluding hydrogens is 320 g/mol. The summed E-state index contributed by atoms with van der Waals surface area (Å²) in [6.07, 6.45) is 1.01. The molecule has 0 amide bonds. The number of benzene rings is 3. The van der Waals surface area contributed by atoms with Crippen molar-refractivity contribution in [1.82, 2.24) is 0 Å². The Morgan fingerprint density at radius 3 is 2.33 bits per heavy atom. The monoisotopic (exact) mass is 338 g/mol. The molecule has 0 saturated heterocycles. The van der Waals surface area contributed by atoms with E-state index in [4.69, 9.17) is 0 Å². The molecule has 0 N–H and O–H groups in total. The van der Waals surface area contributed by atoms with Gasteiger partial charge in [0.2, 0.25) is 0 Å². The Morgan fingerprint density at radius 1 is 0.810 bits per heavy atom. The van der Waals surface area contributed by atoms with Crippen molar-refractivity contribution in [3.63, 3.8) is 0 Å². The van der Waals surface area contributed by atoms with Crippen LogP contribution in [0.5, 0.6) is 0 Å². The Morgan fingerprint density at radius 2 is 1.57 bits per heavy atom. The Bertz CT molecular complexity index is 774. The predicted molar refractivity (Wildman–Crippen MR) is 95.2 cm³/mol. The van der Waals surface area contributed by atoms with Gasteiger partial charge in [0, 0.05) is 4.83 Å². The van der Waals surface area contributed by atoms with Crippen LogP contribution in [0.15, 0.2) is 60.7 Å². The van der Waals surface area contributed by atoms with Crippen molar-refractivity contribution in [2.24, 2.45) is 0 Å². The van der Waals surface area contributed by atoms with Crippen LogP contribution >= 0.6 is 15.9 Å². The zero-order chi connectivity index (χ0) is 14.8. The molecule has 0 aliphatic heterocycles. The van der Waals surface area contributed by atoms with E-state index < -0.39 is 0 Å². The van der Waals surface area contributed by atoms with Gasteiger partial charge in [-0.2, -0.15) is 0 Å². The predicted octanol–water partition coefficient (Wildman–Crippen LogP) is 6.14. The van der Waals surface area contributed by atoms with E-state index in [2.05, 4.69) is 90.4 Å². The molecule has 1 atom stereocenters. The SMILES string of the molecule is Cc1ccc(CC(Br)c2ccc3ccccc3c2)cc1C. The van der Waals surface area contributed by atoms with Crippen LogP contribution in [0.2, 0.25) is 0 Å². The molecule has 0 radical (unpaired) electrons. The fraction of sp³-hybridized carbons (Fsp3) is 0.200. The molecule has 3 rings (SSSR count). The lowest BCUT2D eigenvalue weighted by atomic mass is 9.99. The Hall–Kier alpha value is -1.60. The smallest absolute Gasteiger partial charge is 0.0435 e. The molecule has 106 valence electrons. The quantitative estimate of drug-likeness (QED) is 0.503. The Labute approximate surface area is 134 Å². The van der Waals surface area contributed by atoms with Crippen LogP contribution in [0, 0.1) is 13.8 Å². The summed E-state index contributed by atoms with van der Waals surface area (Å²) in [5.74, 6) is 0. The highest BCUT2D eigenvalue weighted by molar-refractivity contribution is 9.09. The van der Waals surface area contributed by atoms with Gasteiger partial charge >= 0.3 is 0 Å². The standard InChI is InChI=1S/C20H19Br/c1-14-7-8-16(11-15(14)2)12-20(21)19-10-9-17-5-3-4-6-18(17)13-19/h3-11,13,20H,12H2,1-2H3. The summed E-state index contributed by atoms with van der Waals surface area (Å²) in [6.45, 7) is 4.34. The number of rotatable bonds is 3. The van der Waals surface area contributed by atoms with Crippen molar-refractivity contribution in [3.05, 3.63) is 82.9 Å². The number of hydrogen-bond donors (Lipinski definition) is 0. The third-order valence-electron chi connectivity index (χ3n) is 4.12. The zero-order valence-corrected chi connectivity index (χ0v) is 14.0. The van der Waals surface area contributed by atoms with E-state index in [-0.39, 0.29) is 0 Å². The van der Waals surface area contributed by atoms with Crippen molar-refractivity contribution in [2.45, 2.75) is 25.1 Å². The first kappa shape index (κ1) is 14.3. The van der Waals surface area contributed by atoms with Crippen molar-refractivity contribution in [3.8, 4) is 0 Å². The van der Waals surface area contributed by atoms with Gasteiger partial charge in [-0.1, -0.05) is 76.6 Å².